The third-order valence-corrected chi connectivity index (χ3v) is 5.13. The predicted octanol–water partition coefficient (Wildman–Crippen LogP) is 3.78. The van der Waals surface area contributed by atoms with Crippen molar-refractivity contribution in [2.75, 3.05) is 13.2 Å². The topological polar surface area (TPSA) is 89.8 Å². The van der Waals surface area contributed by atoms with Crippen LogP contribution in [0.3, 0.4) is 0 Å². The van der Waals surface area contributed by atoms with E-state index in [0.29, 0.717) is 5.56 Å². The van der Waals surface area contributed by atoms with Gasteiger partial charge in [0, 0.05) is 24.7 Å². The molecule has 0 bridgehead atoms. The molecule has 2 aromatic carbocycles. The Balaban J connectivity index is 1.66. The molecule has 0 spiro atoms. The molecular formula is C23H24N2O5. The van der Waals surface area contributed by atoms with E-state index in [4.69, 9.17) is 4.74 Å². The van der Waals surface area contributed by atoms with Crippen molar-refractivity contribution in [1.82, 2.24) is 4.90 Å². The predicted molar refractivity (Wildman–Crippen MR) is 113 cm³/mol. The molecule has 0 amide bonds. The largest absolute Gasteiger partial charge is 0.460 e. The lowest BCUT2D eigenvalue weighted by atomic mass is 10.1. The Morgan fingerprint density at radius 2 is 1.97 bits per heavy atom. The maximum Gasteiger partial charge on any atom is 0.341 e. The number of nitro groups is 1. The Bertz CT molecular complexity index is 955. The summed E-state index contributed by atoms with van der Waals surface area (Å²) in [5.74, 6) is -1.15. The van der Waals surface area contributed by atoms with Crippen molar-refractivity contribution in [3.63, 3.8) is 0 Å². The van der Waals surface area contributed by atoms with Crippen molar-refractivity contribution in [3.05, 3.63) is 81.4 Å². The molecule has 1 heterocycles. The molecule has 1 fully saturated rings. The molecule has 3 rings (SSSR count). The zero-order chi connectivity index (χ0) is 21.5. The molecule has 30 heavy (non-hydrogen) atoms. The zero-order valence-electron chi connectivity index (χ0n) is 16.8. The highest BCUT2D eigenvalue weighted by Crippen LogP contribution is 2.21. The molecular weight excluding hydrogens is 384 g/mol. The number of ether oxygens (including phenoxy) is 1. The molecule has 7 heteroatoms. The average Bonchev–Trinajstić information content (AvgIpc) is 3.18. The van der Waals surface area contributed by atoms with Crippen LogP contribution in [0, 0.1) is 10.1 Å². The summed E-state index contributed by atoms with van der Waals surface area (Å²) >= 11 is 0. The summed E-state index contributed by atoms with van der Waals surface area (Å²) in [6.45, 7) is 3.19. The number of ketones is 1. The second-order valence-electron chi connectivity index (χ2n) is 7.32. The van der Waals surface area contributed by atoms with Gasteiger partial charge in [-0.05, 0) is 43.5 Å². The van der Waals surface area contributed by atoms with Crippen LogP contribution >= 0.6 is 0 Å². The summed E-state index contributed by atoms with van der Waals surface area (Å²) in [6.07, 6.45) is 3.29. The van der Waals surface area contributed by atoms with Gasteiger partial charge in [0.1, 0.15) is 12.2 Å². The van der Waals surface area contributed by atoms with E-state index in [2.05, 4.69) is 17.0 Å². The zero-order valence-corrected chi connectivity index (χ0v) is 16.8. The minimum atomic E-state index is -0.708. The fraction of sp³-hybridized carbons (Fsp3) is 0.304. The molecule has 1 aliphatic heterocycles. The normalized spacial score (nSPS) is 17.0. The van der Waals surface area contributed by atoms with Gasteiger partial charge in [-0.25, -0.2) is 4.79 Å². The van der Waals surface area contributed by atoms with Crippen molar-refractivity contribution in [1.29, 1.82) is 0 Å². The molecule has 1 atom stereocenters. The van der Waals surface area contributed by atoms with Crippen LogP contribution in [0.2, 0.25) is 0 Å². The van der Waals surface area contributed by atoms with Gasteiger partial charge in [0.05, 0.1) is 4.92 Å². The van der Waals surface area contributed by atoms with E-state index < -0.39 is 16.7 Å². The number of hydrogen-bond donors (Lipinski definition) is 0. The number of rotatable bonds is 8. The Morgan fingerprint density at radius 1 is 1.20 bits per heavy atom. The molecule has 1 saturated heterocycles. The van der Waals surface area contributed by atoms with Gasteiger partial charge in [-0.3, -0.25) is 19.8 Å². The molecule has 1 aliphatic rings. The summed E-state index contributed by atoms with van der Waals surface area (Å²) in [5.41, 5.74) is 1.37. The first-order valence-corrected chi connectivity index (χ1v) is 9.86. The molecule has 0 aliphatic carbocycles. The second kappa shape index (κ2) is 9.93. The molecule has 0 radical (unpaired) electrons. The van der Waals surface area contributed by atoms with Crippen molar-refractivity contribution in [2.45, 2.75) is 32.4 Å². The van der Waals surface area contributed by atoms with E-state index in [9.17, 15) is 19.7 Å². The number of esters is 1. The van der Waals surface area contributed by atoms with Gasteiger partial charge in [0.15, 0.2) is 5.78 Å². The highest BCUT2D eigenvalue weighted by molar-refractivity contribution is 6.19. The van der Waals surface area contributed by atoms with Crippen molar-refractivity contribution in [2.24, 2.45) is 0 Å². The Hall–Kier alpha value is -3.32. The number of benzene rings is 2. The number of nitro benzene ring substituents is 1. The first kappa shape index (κ1) is 21.4. The van der Waals surface area contributed by atoms with E-state index >= 15 is 0 Å². The SMILES string of the molecule is CC(=O)/C(=C\c1cccc([N+](=O)[O-])c1)C(=O)OCC1CCCN1Cc1ccccc1. The van der Waals surface area contributed by atoms with E-state index in [0.717, 1.165) is 25.9 Å². The first-order valence-electron chi connectivity index (χ1n) is 9.86. The quantitative estimate of drug-likeness (QED) is 0.165. The molecule has 0 saturated carbocycles. The Labute approximate surface area is 175 Å². The Morgan fingerprint density at radius 3 is 2.67 bits per heavy atom. The molecule has 2 aromatic rings. The number of Topliss-reactive ketones (excluding diaryl/α,β-unsaturated/α-hetero) is 1. The average molecular weight is 408 g/mol. The van der Waals surface area contributed by atoms with Crippen LogP contribution in [0.15, 0.2) is 60.2 Å². The minimum absolute atomic E-state index is 0.0974. The van der Waals surface area contributed by atoms with Crippen LogP contribution in [0.1, 0.15) is 30.9 Å². The fourth-order valence-corrected chi connectivity index (χ4v) is 3.56. The first-order chi connectivity index (χ1) is 14.4. The van der Waals surface area contributed by atoms with Crippen LogP contribution in [-0.2, 0) is 20.9 Å². The number of likely N-dealkylation sites (tertiary alicyclic amines) is 1. The van der Waals surface area contributed by atoms with Crippen LogP contribution < -0.4 is 0 Å². The number of nitrogens with zero attached hydrogens (tertiary/aromatic N) is 2. The van der Waals surface area contributed by atoms with E-state index in [1.807, 2.05) is 18.2 Å². The van der Waals surface area contributed by atoms with Gasteiger partial charge in [-0.15, -0.1) is 0 Å². The van der Waals surface area contributed by atoms with Crippen LogP contribution in [0.5, 0.6) is 0 Å². The molecule has 0 N–H and O–H groups in total. The molecule has 0 aromatic heterocycles. The van der Waals surface area contributed by atoms with Crippen molar-refractivity contribution in [3.8, 4) is 0 Å². The van der Waals surface area contributed by atoms with Gasteiger partial charge in [0.25, 0.3) is 5.69 Å². The number of hydrogen-bond acceptors (Lipinski definition) is 6. The number of carbonyl (C=O) groups is 2. The summed E-state index contributed by atoms with van der Waals surface area (Å²) in [6, 6.07) is 16.0. The maximum absolute atomic E-state index is 12.6. The third-order valence-electron chi connectivity index (χ3n) is 5.13. The van der Waals surface area contributed by atoms with E-state index in [1.165, 1.54) is 36.8 Å². The van der Waals surface area contributed by atoms with Gasteiger partial charge in [-0.1, -0.05) is 42.5 Å². The van der Waals surface area contributed by atoms with Crippen LogP contribution in [0.25, 0.3) is 6.08 Å². The maximum atomic E-state index is 12.6. The third kappa shape index (κ3) is 5.61. The second-order valence-corrected chi connectivity index (χ2v) is 7.32. The Kier molecular flexibility index (Phi) is 7.08. The van der Waals surface area contributed by atoms with Gasteiger partial charge >= 0.3 is 5.97 Å². The number of carbonyl (C=O) groups excluding carboxylic acids is 2. The summed E-state index contributed by atoms with van der Waals surface area (Å²) in [7, 11) is 0. The standard InChI is InChI=1S/C23H24N2O5/c1-17(26)22(14-19-9-5-10-20(13-19)25(28)29)23(27)30-16-21-11-6-12-24(21)15-18-7-3-2-4-8-18/h2-5,7-10,13-14,21H,6,11-12,15-16H2,1H3/b22-14+. The smallest absolute Gasteiger partial charge is 0.341 e. The highest BCUT2D eigenvalue weighted by atomic mass is 16.6. The van der Waals surface area contributed by atoms with Crippen molar-refractivity contribution < 1.29 is 19.2 Å². The van der Waals surface area contributed by atoms with Gasteiger partial charge in [0.2, 0.25) is 0 Å². The van der Waals surface area contributed by atoms with Crippen LogP contribution in [0.4, 0.5) is 5.69 Å². The summed E-state index contributed by atoms with van der Waals surface area (Å²) in [4.78, 5) is 37.3. The molecule has 1 unspecified atom stereocenters. The summed E-state index contributed by atoms with van der Waals surface area (Å²) < 4.78 is 5.46. The lowest BCUT2D eigenvalue weighted by Crippen LogP contribution is -2.34. The monoisotopic (exact) mass is 408 g/mol. The van der Waals surface area contributed by atoms with Gasteiger partial charge in [-0.2, -0.15) is 0 Å². The van der Waals surface area contributed by atoms with Crippen LogP contribution in [-0.4, -0.2) is 40.8 Å². The lowest BCUT2D eigenvalue weighted by molar-refractivity contribution is -0.384. The molecule has 156 valence electrons. The number of non-ortho nitro benzene ring substituents is 1. The van der Waals surface area contributed by atoms with E-state index in [1.54, 1.807) is 6.07 Å². The highest BCUT2D eigenvalue weighted by Gasteiger charge is 2.27. The van der Waals surface area contributed by atoms with E-state index in [-0.39, 0.29) is 23.9 Å². The fourth-order valence-electron chi connectivity index (χ4n) is 3.56. The minimum Gasteiger partial charge on any atom is -0.460 e. The molecule has 7 nitrogen and oxygen atoms in total. The van der Waals surface area contributed by atoms with Crippen molar-refractivity contribution >= 4 is 23.5 Å². The van der Waals surface area contributed by atoms with Gasteiger partial charge < -0.3 is 4.74 Å². The summed E-state index contributed by atoms with van der Waals surface area (Å²) in [5, 5.41) is 10.9. The lowest BCUT2D eigenvalue weighted by Gasteiger charge is -2.24.